The molecule has 1 saturated heterocycles. The molecule has 1 aliphatic heterocycles. The van der Waals surface area contributed by atoms with Crippen molar-refractivity contribution >= 4 is 18.0 Å². The summed E-state index contributed by atoms with van der Waals surface area (Å²) in [5, 5.41) is 12.2. The minimum atomic E-state index is -0.891. The summed E-state index contributed by atoms with van der Waals surface area (Å²) in [6.45, 7) is 4.34. The van der Waals surface area contributed by atoms with Gasteiger partial charge in [-0.2, -0.15) is 0 Å². The quantitative estimate of drug-likeness (QED) is 0.604. The maximum absolute atomic E-state index is 13.2. The molecule has 180 valence electrons. The monoisotopic (exact) mass is 464 g/mol. The highest BCUT2D eigenvalue weighted by Crippen LogP contribution is 2.44. The summed E-state index contributed by atoms with van der Waals surface area (Å²) in [7, 11) is 0. The van der Waals surface area contributed by atoms with Crippen LogP contribution in [0.5, 0.6) is 0 Å². The van der Waals surface area contributed by atoms with Crippen LogP contribution in [0, 0.1) is 5.92 Å². The zero-order valence-corrected chi connectivity index (χ0v) is 19.7. The molecule has 2 aliphatic rings. The summed E-state index contributed by atoms with van der Waals surface area (Å²) in [5.74, 6) is -1.77. The van der Waals surface area contributed by atoms with E-state index in [0.717, 1.165) is 35.1 Å². The number of aliphatic carboxylic acids is 1. The number of benzene rings is 2. The molecule has 2 aromatic rings. The number of alkyl carbamates (subject to hydrolysis) is 1. The van der Waals surface area contributed by atoms with E-state index in [2.05, 4.69) is 29.6 Å². The van der Waals surface area contributed by atoms with Crippen molar-refractivity contribution in [3.63, 3.8) is 0 Å². The van der Waals surface area contributed by atoms with Gasteiger partial charge in [-0.05, 0) is 42.0 Å². The smallest absolute Gasteiger partial charge is 0.407 e. The molecule has 0 spiro atoms. The second-order valence-electron chi connectivity index (χ2n) is 9.17. The Hall–Kier alpha value is -3.35. The second kappa shape index (κ2) is 10.3. The van der Waals surface area contributed by atoms with Crippen molar-refractivity contribution in [2.75, 3.05) is 13.2 Å². The van der Waals surface area contributed by atoms with Crippen LogP contribution in [0.2, 0.25) is 0 Å². The van der Waals surface area contributed by atoms with Crippen LogP contribution in [0.15, 0.2) is 48.5 Å². The lowest BCUT2D eigenvalue weighted by Gasteiger charge is -2.28. The number of carboxylic acid groups (broad SMARTS) is 1. The van der Waals surface area contributed by atoms with E-state index in [-0.39, 0.29) is 18.4 Å². The van der Waals surface area contributed by atoms with E-state index in [0.29, 0.717) is 19.4 Å². The van der Waals surface area contributed by atoms with Crippen LogP contribution in [0.3, 0.4) is 0 Å². The van der Waals surface area contributed by atoms with Crippen LogP contribution in [0.4, 0.5) is 4.79 Å². The summed E-state index contributed by atoms with van der Waals surface area (Å²) in [6.07, 6.45) is 1.93. The number of nitrogens with one attached hydrogen (secondary N) is 1. The lowest BCUT2D eigenvalue weighted by atomic mass is 9.98. The van der Waals surface area contributed by atoms with Crippen molar-refractivity contribution in [3.8, 4) is 11.1 Å². The first-order valence-electron chi connectivity index (χ1n) is 12.1. The molecule has 2 aromatic carbocycles. The highest BCUT2D eigenvalue weighted by Gasteiger charge is 2.40. The molecule has 7 nitrogen and oxygen atoms in total. The van der Waals surface area contributed by atoms with Gasteiger partial charge in [-0.3, -0.25) is 9.59 Å². The number of rotatable bonds is 8. The number of ether oxygens (including phenoxy) is 1. The minimum absolute atomic E-state index is 0.0575. The SMILES string of the molecule is CCCC[C@H](NC(=O)OCC1c2ccccc2-c2ccccc21)C(=O)N1CCC(C(=O)O)C1C. The molecule has 2 amide bonds. The van der Waals surface area contributed by atoms with E-state index in [9.17, 15) is 19.5 Å². The van der Waals surface area contributed by atoms with Crippen molar-refractivity contribution in [3.05, 3.63) is 59.7 Å². The van der Waals surface area contributed by atoms with Crippen LogP contribution in [0.25, 0.3) is 11.1 Å². The normalized spacial score (nSPS) is 19.9. The molecular weight excluding hydrogens is 432 g/mol. The van der Waals surface area contributed by atoms with Gasteiger partial charge in [0.1, 0.15) is 12.6 Å². The van der Waals surface area contributed by atoms with Gasteiger partial charge in [0.15, 0.2) is 0 Å². The van der Waals surface area contributed by atoms with Crippen LogP contribution in [0.1, 0.15) is 56.6 Å². The number of carboxylic acids is 1. The van der Waals surface area contributed by atoms with Crippen LogP contribution < -0.4 is 5.32 Å². The topological polar surface area (TPSA) is 95.9 Å². The first-order valence-corrected chi connectivity index (χ1v) is 12.1. The van der Waals surface area contributed by atoms with Gasteiger partial charge in [0.05, 0.1) is 5.92 Å². The third-order valence-corrected chi connectivity index (χ3v) is 7.14. The summed E-state index contributed by atoms with van der Waals surface area (Å²) in [4.78, 5) is 39.0. The van der Waals surface area contributed by atoms with Crippen LogP contribution in [-0.2, 0) is 14.3 Å². The van der Waals surface area contributed by atoms with Crippen molar-refractivity contribution in [1.29, 1.82) is 0 Å². The van der Waals surface area contributed by atoms with Gasteiger partial charge >= 0.3 is 12.1 Å². The predicted molar refractivity (Wildman–Crippen MR) is 128 cm³/mol. The molecule has 0 radical (unpaired) electrons. The Morgan fingerprint density at radius 1 is 1.09 bits per heavy atom. The number of amides is 2. The lowest BCUT2D eigenvalue weighted by Crippen LogP contribution is -2.50. The van der Waals surface area contributed by atoms with Crippen LogP contribution >= 0.6 is 0 Å². The van der Waals surface area contributed by atoms with Crippen molar-refractivity contribution < 1.29 is 24.2 Å². The zero-order valence-electron chi connectivity index (χ0n) is 19.7. The first kappa shape index (κ1) is 23.8. The van der Waals surface area contributed by atoms with Crippen LogP contribution in [-0.4, -0.2) is 53.2 Å². The molecule has 4 rings (SSSR count). The standard InChI is InChI=1S/C27H32N2O5/c1-3-4-13-24(25(30)29-15-14-18(17(29)2)26(31)32)28-27(33)34-16-23-21-11-7-5-9-19(21)20-10-6-8-12-22(20)23/h5-12,17-18,23-24H,3-4,13-16H2,1-2H3,(H,28,33)(H,31,32)/t17?,18?,24-/m0/s1. The molecule has 1 heterocycles. The molecule has 7 heteroatoms. The van der Waals surface area contributed by atoms with E-state index in [1.165, 1.54) is 0 Å². The molecular formula is C27H32N2O5. The highest BCUT2D eigenvalue weighted by atomic mass is 16.5. The fourth-order valence-corrected chi connectivity index (χ4v) is 5.23. The number of carbonyl (C=O) groups is 3. The van der Waals surface area contributed by atoms with Crippen molar-refractivity contribution in [1.82, 2.24) is 10.2 Å². The molecule has 0 bridgehead atoms. The fourth-order valence-electron chi connectivity index (χ4n) is 5.23. The molecule has 0 saturated carbocycles. The third-order valence-electron chi connectivity index (χ3n) is 7.14. The average Bonchev–Trinajstić information content (AvgIpc) is 3.38. The summed E-state index contributed by atoms with van der Waals surface area (Å²) >= 11 is 0. The number of likely N-dealkylation sites (tertiary alicyclic amines) is 1. The molecule has 0 aromatic heterocycles. The van der Waals surface area contributed by atoms with E-state index >= 15 is 0 Å². The van der Waals surface area contributed by atoms with E-state index < -0.39 is 30.1 Å². The third kappa shape index (κ3) is 4.65. The van der Waals surface area contributed by atoms with Crippen molar-refractivity contribution in [2.24, 2.45) is 5.92 Å². The number of nitrogens with zero attached hydrogens (tertiary/aromatic N) is 1. The van der Waals surface area contributed by atoms with Crippen molar-refractivity contribution in [2.45, 2.75) is 57.5 Å². The molecule has 2 N–H and O–H groups in total. The Labute approximate surface area is 200 Å². The summed E-state index contributed by atoms with van der Waals surface area (Å²) in [6, 6.07) is 15.1. The highest BCUT2D eigenvalue weighted by molar-refractivity contribution is 5.87. The summed E-state index contributed by atoms with van der Waals surface area (Å²) in [5.41, 5.74) is 4.56. The number of carbonyl (C=O) groups excluding carboxylic acids is 2. The van der Waals surface area contributed by atoms with Gasteiger partial charge < -0.3 is 20.1 Å². The maximum atomic E-state index is 13.2. The molecule has 34 heavy (non-hydrogen) atoms. The lowest BCUT2D eigenvalue weighted by molar-refractivity contribution is -0.143. The van der Waals surface area contributed by atoms with Gasteiger partial charge in [0, 0.05) is 18.5 Å². The summed E-state index contributed by atoms with van der Waals surface area (Å²) < 4.78 is 5.63. The van der Waals surface area contributed by atoms with E-state index in [4.69, 9.17) is 4.74 Å². The van der Waals surface area contributed by atoms with E-state index in [1.807, 2.05) is 31.2 Å². The Balaban J connectivity index is 1.42. The Bertz CT molecular complexity index is 1020. The van der Waals surface area contributed by atoms with Gasteiger partial charge in [0.2, 0.25) is 5.91 Å². The fraction of sp³-hybridized carbons (Fsp3) is 0.444. The zero-order chi connectivity index (χ0) is 24.2. The number of fused-ring (bicyclic) bond motifs is 3. The van der Waals surface area contributed by atoms with Gasteiger partial charge in [0.25, 0.3) is 0 Å². The van der Waals surface area contributed by atoms with Gasteiger partial charge in [-0.1, -0.05) is 68.3 Å². The largest absolute Gasteiger partial charge is 0.481 e. The molecule has 2 unspecified atom stereocenters. The second-order valence-corrected chi connectivity index (χ2v) is 9.17. The van der Waals surface area contributed by atoms with Gasteiger partial charge in [-0.15, -0.1) is 0 Å². The first-order chi connectivity index (χ1) is 16.4. The molecule has 1 aliphatic carbocycles. The Morgan fingerprint density at radius 3 is 2.26 bits per heavy atom. The minimum Gasteiger partial charge on any atom is -0.481 e. The number of unbranched alkanes of at least 4 members (excludes halogenated alkanes) is 1. The Morgan fingerprint density at radius 2 is 1.71 bits per heavy atom. The van der Waals surface area contributed by atoms with Gasteiger partial charge in [-0.25, -0.2) is 4.79 Å². The number of hydrogen-bond acceptors (Lipinski definition) is 4. The maximum Gasteiger partial charge on any atom is 0.407 e. The predicted octanol–water partition coefficient (Wildman–Crippen LogP) is 4.41. The number of hydrogen-bond donors (Lipinski definition) is 2. The van der Waals surface area contributed by atoms with E-state index in [1.54, 1.807) is 11.8 Å². The molecule has 1 fully saturated rings. The Kier molecular flexibility index (Phi) is 7.20. The average molecular weight is 465 g/mol. The molecule has 3 atom stereocenters.